The number of aliphatic hydroxyl groups excluding tert-OH is 1. The van der Waals surface area contributed by atoms with Gasteiger partial charge in [-0.15, -0.1) is 0 Å². The molecule has 0 fully saturated rings. The fraction of sp³-hybridized carbons (Fsp3) is 0.614. The number of carbonyl (C=O) groups excluding carboxylic acids is 4. The molecule has 17 heteroatoms. The number of methoxy groups -OCH3 is 3. The number of hydrogen-bond donors (Lipinski definition) is 2. The zero-order chi connectivity index (χ0) is 44.6. The maximum Gasteiger partial charge on any atom is 0.308 e. The van der Waals surface area contributed by atoms with E-state index in [1.807, 2.05) is 26.8 Å². The van der Waals surface area contributed by atoms with Crippen LogP contribution in [0.1, 0.15) is 103 Å². The number of aliphatic hydroxyl groups is 1. The molecule has 3 N–H and O–H groups in total. The number of hydrogen-bond acceptors (Lipinski definition) is 16. The van der Waals surface area contributed by atoms with E-state index in [-0.39, 0.29) is 72.6 Å². The van der Waals surface area contributed by atoms with E-state index in [1.165, 1.54) is 30.8 Å². The first-order valence-electron chi connectivity index (χ1n) is 20.8. The van der Waals surface area contributed by atoms with Gasteiger partial charge in [0.15, 0.2) is 11.4 Å². The number of nitrogens with two attached hydrogens (primary N) is 1. The fourth-order valence-corrected chi connectivity index (χ4v) is 7.41. The van der Waals surface area contributed by atoms with Crippen LogP contribution in [0.4, 0.5) is 0 Å². The topological polar surface area (TPSA) is 233 Å². The molecule has 0 saturated heterocycles. The molecule has 61 heavy (non-hydrogen) atoms. The minimum absolute atomic E-state index is 0.0125. The number of ketones is 2. The smallest absolute Gasteiger partial charge is 0.308 e. The Morgan fingerprint density at radius 3 is 2.39 bits per heavy atom. The highest BCUT2D eigenvalue weighted by Gasteiger charge is 2.33. The second kappa shape index (κ2) is 24.0. The molecular formula is C44H63N5O12. The Morgan fingerprint density at radius 2 is 1.69 bits per heavy atom. The summed E-state index contributed by atoms with van der Waals surface area (Å²) in [7, 11) is 6.25. The van der Waals surface area contributed by atoms with Crippen LogP contribution in [0, 0.1) is 23.7 Å². The second-order valence-electron chi connectivity index (χ2n) is 16.1. The summed E-state index contributed by atoms with van der Waals surface area (Å²) in [4.78, 5) is 65.8. The van der Waals surface area contributed by atoms with Crippen LogP contribution in [0.3, 0.4) is 0 Å². The number of carbonyl (C=O) groups is 4. The lowest BCUT2D eigenvalue weighted by Crippen LogP contribution is -2.36. The highest BCUT2D eigenvalue weighted by Crippen LogP contribution is 2.32. The zero-order valence-electron chi connectivity index (χ0n) is 36.6. The number of ether oxygens (including phenoxy) is 4. The lowest BCUT2D eigenvalue weighted by molar-refractivity contribution is -0.156. The van der Waals surface area contributed by atoms with Crippen molar-refractivity contribution in [2.45, 2.75) is 122 Å². The monoisotopic (exact) mass is 853 g/mol. The average Bonchev–Trinajstić information content (AvgIpc) is 4.03. The molecule has 0 aromatic carbocycles. The van der Waals surface area contributed by atoms with E-state index in [4.69, 9.17) is 37.9 Å². The second-order valence-corrected chi connectivity index (χ2v) is 16.1. The van der Waals surface area contributed by atoms with Gasteiger partial charge in [-0.25, -0.2) is 15.0 Å². The minimum Gasteiger partial charge on any atom is -0.462 e. The summed E-state index contributed by atoms with van der Waals surface area (Å²) in [6, 6.07) is -0.742. The number of esters is 1. The normalized spacial score (nSPS) is 24.8. The van der Waals surface area contributed by atoms with Crippen LogP contribution in [0.2, 0.25) is 0 Å². The Balaban J connectivity index is 1.49. The Kier molecular flexibility index (Phi) is 19.2. The molecule has 0 unspecified atom stereocenters. The Labute approximate surface area is 357 Å². The highest BCUT2D eigenvalue weighted by atomic mass is 16.5. The van der Waals surface area contributed by atoms with Gasteiger partial charge in [0.25, 0.3) is 0 Å². The van der Waals surface area contributed by atoms with Crippen molar-refractivity contribution in [1.82, 2.24) is 19.9 Å². The van der Waals surface area contributed by atoms with Crippen molar-refractivity contribution >= 4 is 30.0 Å². The number of fused-ring (bicyclic) bond motifs is 8. The van der Waals surface area contributed by atoms with Crippen LogP contribution in [-0.4, -0.2) is 108 Å². The third-order valence-electron chi connectivity index (χ3n) is 11.4. The third kappa shape index (κ3) is 14.4. The number of amides is 1. The molecular weight excluding hydrogens is 791 g/mol. The molecule has 17 nitrogen and oxygen atoms in total. The Morgan fingerprint density at radius 1 is 1.00 bits per heavy atom. The first-order valence-corrected chi connectivity index (χ1v) is 20.8. The maximum absolute atomic E-state index is 13.4. The van der Waals surface area contributed by atoms with E-state index >= 15 is 0 Å². The highest BCUT2D eigenvalue weighted by molar-refractivity contribution is 5.82. The summed E-state index contributed by atoms with van der Waals surface area (Å²) >= 11 is 0. The number of aromatic nitrogens is 3. The molecule has 4 rings (SSSR count). The standard InChI is InChI=1S/C44H63N5O12/c1-26-12-9-10-14-40-46-33(23-58-40)43-48-34(24-60-43)44-47-32(22-59-44)42(57-8)29(4)36(53)19-30(45)18-31(51)20-41(54)61-39(26)21-38(56-7)27(2)15-16-35(52)28(3)37(55-6)13-11-17-49(5)25-50/h10-11,14,17,22-31,37-39,42,51H,9,12-13,15-16,18-21,45H2,1-8H3/b14-10+,17-11+/t26-,27+,28+,29+,30+,31+,37-,38+,39+,42+/m1/s1. The number of oxazole rings is 3. The number of allylic oxidation sites excluding steroid dienone is 1. The molecule has 336 valence electrons. The zero-order valence-corrected chi connectivity index (χ0v) is 36.6. The molecule has 3 aromatic rings. The predicted molar refractivity (Wildman–Crippen MR) is 223 cm³/mol. The summed E-state index contributed by atoms with van der Waals surface area (Å²) in [5, 5.41) is 10.9. The van der Waals surface area contributed by atoms with Crippen molar-refractivity contribution in [3.05, 3.63) is 48.7 Å². The predicted octanol–water partition coefficient (Wildman–Crippen LogP) is 6.12. The molecule has 1 amide bonds. The van der Waals surface area contributed by atoms with Gasteiger partial charge < -0.3 is 47.9 Å². The molecule has 0 aliphatic carbocycles. The van der Waals surface area contributed by atoms with Crippen LogP contribution in [0.25, 0.3) is 29.2 Å². The van der Waals surface area contributed by atoms with Crippen LogP contribution < -0.4 is 5.73 Å². The van der Waals surface area contributed by atoms with Crippen molar-refractivity contribution in [3.8, 4) is 23.2 Å². The summed E-state index contributed by atoms with van der Waals surface area (Å²) < 4.78 is 40.3. The van der Waals surface area contributed by atoms with Gasteiger partial charge >= 0.3 is 5.97 Å². The molecule has 1 aliphatic rings. The first kappa shape index (κ1) is 48.9. The van der Waals surface area contributed by atoms with Crippen LogP contribution in [-0.2, 0) is 38.1 Å². The number of nitrogens with zero attached hydrogens (tertiary/aromatic N) is 4. The van der Waals surface area contributed by atoms with Crippen molar-refractivity contribution in [1.29, 1.82) is 0 Å². The molecule has 0 saturated carbocycles. The Hall–Kier alpha value is -4.81. The van der Waals surface area contributed by atoms with Gasteiger partial charge in [0.1, 0.15) is 48.3 Å². The summed E-state index contributed by atoms with van der Waals surface area (Å²) in [6.07, 6.45) is 11.2. The molecule has 0 radical (unpaired) electrons. The largest absolute Gasteiger partial charge is 0.462 e. The van der Waals surface area contributed by atoms with Crippen molar-refractivity contribution in [2.75, 3.05) is 28.4 Å². The van der Waals surface area contributed by atoms with Crippen LogP contribution in [0.15, 0.2) is 50.4 Å². The maximum atomic E-state index is 13.4. The van der Waals surface area contributed by atoms with E-state index in [9.17, 15) is 24.3 Å². The number of cyclic esters (lactones) is 1. The van der Waals surface area contributed by atoms with E-state index in [1.54, 1.807) is 46.5 Å². The van der Waals surface area contributed by atoms with E-state index in [0.29, 0.717) is 67.9 Å². The molecule has 3 aromatic heterocycles. The molecule has 6 bridgehead atoms. The molecule has 10 atom stereocenters. The summed E-state index contributed by atoms with van der Waals surface area (Å²) in [6.45, 7) is 7.53. The first-order chi connectivity index (χ1) is 29.2. The van der Waals surface area contributed by atoms with Crippen molar-refractivity contribution in [3.63, 3.8) is 0 Å². The number of Topliss-reactive ketones (excluding diaryl/α,β-unsaturated/α-hetero) is 2. The van der Waals surface area contributed by atoms with Crippen molar-refractivity contribution < 1.29 is 56.5 Å². The fourth-order valence-electron chi connectivity index (χ4n) is 7.41. The van der Waals surface area contributed by atoms with Gasteiger partial charge in [-0.2, -0.15) is 0 Å². The van der Waals surface area contributed by atoms with Gasteiger partial charge in [-0.1, -0.05) is 39.8 Å². The minimum atomic E-state index is -1.16. The molecule has 0 spiro atoms. The van der Waals surface area contributed by atoms with E-state index < -0.39 is 36.2 Å². The lowest BCUT2D eigenvalue weighted by Gasteiger charge is -2.31. The van der Waals surface area contributed by atoms with Gasteiger partial charge in [0.2, 0.25) is 24.1 Å². The quantitative estimate of drug-likeness (QED) is 0.129. The van der Waals surface area contributed by atoms with E-state index in [0.717, 1.165) is 0 Å². The van der Waals surface area contributed by atoms with Crippen LogP contribution in [0.5, 0.6) is 0 Å². The Bertz CT molecular complexity index is 1900. The van der Waals surface area contributed by atoms with Gasteiger partial charge in [-0.05, 0) is 50.0 Å². The van der Waals surface area contributed by atoms with Crippen LogP contribution >= 0.6 is 0 Å². The van der Waals surface area contributed by atoms with Gasteiger partial charge in [0, 0.05) is 71.7 Å². The van der Waals surface area contributed by atoms with E-state index in [2.05, 4.69) is 15.0 Å². The lowest BCUT2D eigenvalue weighted by atomic mass is 9.86. The number of rotatable bonds is 15. The van der Waals surface area contributed by atoms with Gasteiger partial charge in [0.05, 0.1) is 24.7 Å². The molecule has 4 heterocycles. The summed E-state index contributed by atoms with van der Waals surface area (Å²) in [5.74, 6) is -1.36. The third-order valence-corrected chi connectivity index (χ3v) is 11.4. The SMILES string of the molecule is CO[C@@H](C[C@@H]1OC(=O)C[C@@H](O)C[C@H](N)CC(=O)[C@H](C)[C@H](OC)c2coc(n2)-c2coc(n2)-c2coc(n2)/C=C/CC[C@H]1C)[C@@H](C)CCC(=O)[C@H](C)[C@@H](C/C=C/N(C)C=O)OC. The van der Waals surface area contributed by atoms with Gasteiger partial charge in [-0.3, -0.25) is 19.2 Å². The molecule has 1 aliphatic heterocycles. The average molecular weight is 854 g/mol. The van der Waals surface area contributed by atoms with Crippen molar-refractivity contribution in [2.24, 2.45) is 29.4 Å². The summed E-state index contributed by atoms with van der Waals surface area (Å²) in [5.41, 5.74) is 7.39.